The van der Waals surface area contributed by atoms with Crippen LogP contribution in [0.15, 0.2) is 24.3 Å². The molecule has 0 radical (unpaired) electrons. The van der Waals surface area contributed by atoms with E-state index in [1.807, 2.05) is 52.0 Å². The van der Waals surface area contributed by atoms with Crippen LogP contribution < -0.4 is 15.6 Å². The highest BCUT2D eigenvalue weighted by molar-refractivity contribution is 5.74. The highest BCUT2D eigenvalue weighted by Gasteiger charge is 2.34. The van der Waals surface area contributed by atoms with Crippen LogP contribution in [0.2, 0.25) is 0 Å². The number of benzene rings is 1. The molecule has 1 aromatic rings. The lowest BCUT2D eigenvalue weighted by Crippen LogP contribution is -2.67. The monoisotopic (exact) mass is 292 g/mol. The topological polar surface area (TPSA) is 56.8 Å². The highest BCUT2D eigenvalue weighted by atomic mass is 16.5. The molecule has 6 nitrogen and oxygen atoms in total. The number of methoxy groups -OCH3 is 1. The fourth-order valence-electron chi connectivity index (χ4n) is 2.24. The second kappa shape index (κ2) is 6.32. The van der Waals surface area contributed by atoms with Crippen LogP contribution in [-0.2, 0) is 0 Å². The average Bonchev–Trinajstić information content (AvgIpc) is 2.46. The smallest absolute Gasteiger partial charge is 0.349 e. The molecule has 0 bridgehead atoms. The van der Waals surface area contributed by atoms with Gasteiger partial charge in [-0.1, -0.05) is 12.1 Å². The first kappa shape index (κ1) is 15.6. The van der Waals surface area contributed by atoms with Gasteiger partial charge in [-0.2, -0.15) is 0 Å². The first-order valence-electron chi connectivity index (χ1n) is 7.22. The van der Waals surface area contributed by atoms with E-state index in [0.717, 1.165) is 11.3 Å². The molecule has 1 aliphatic rings. The van der Waals surface area contributed by atoms with Gasteiger partial charge in [-0.25, -0.2) is 15.6 Å². The van der Waals surface area contributed by atoms with E-state index in [9.17, 15) is 4.79 Å². The normalized spacial score (nSPS) is 17.0. The van der Waals surface area contributed by atoms with E-state index < -0.39 is 0 Å². The van der Waals surface area contributed by atoms with Crippen molar-refractivity contribution >= 4 is 6.03 Å². The number of hydrazine groups is 2. The molecule has 0 saturated carbocycles. The maximum atomic E-state index is 12.4. The minimum Gasteiger partial charge on any atom is -0.497 e. The van der Waals surface area contributed by atoms with E-state index in [1.165, 1.54) is 0 Å². The number of ether oxygens (including phenoxy) is 1. The number of hydrogen-bond acceptors (Lipinski definition) is 4. The van der Waals surface area contributed by atoms with Crippen molar-refractivity contribution in [3.63, 3.8) is 0 Å². The maximum absolute atomic E-state index is 12.4. The summed E-state index contributed by atoms with van der Waals surface area (Å²) in [6.07, 6.45) is -0.178. The number of hydrogen-bond donors (Lipinski definition) is 2. The van der Waals surface area contributed by atoms with Crippen LogP contribution in [0.5, 0.6) is 5.75 Å². The van der Waals surface area contributed by atoms with Crippen molar-refractivity contribution in [2.75, 3.05) is 7.11 Å². The first-order valence-corrected chi connectivity index (χ1v) is 7.22. The number of urea groups is 1. The molecule has 1 aromatic carbocycles. The molecule has 0 spiro atoms. The Morgan fingerprint density at radius 3 is 2.14 bits per heavy atom. The lowest BCUT2D eigenvalue weighted by molar-refractivity contribution is 0.00376. The summed E-state index contributed by atoms with van der Waals surface area (Å²) in [6, 6.07) is 7.85. The van der Waals surface area contributed by atoms with Crippen molar-refractivity contribution in [3.05, 3.63) is 29.8 Å². The highest BCUT2D eigenvalue weighted by Crippen LogP contribution is 2.22. The molecule has 0 aliphatic carbocycles. The molecule has 1 aliphatic heterocycles. The molecular weight excluding hydrogens is 268 g/mol. The Labute approximate surface area is 126 Å². The minimum atomic E-state index is -0.178. The van der Waals surface area contributed by atoms with Crippen LogP contribution >= 0.6 is 0 Å². The molecule has 2 amide bonds. The van der Waals surface area contributed by atoms with E-state index in [1.54, 1.807) is 17.1 Å². The number of amides is 2. The van der Waals surface area contributed by atoms with Crippen molar-refractivity contribution in [3.8, 4) is 5.75 Å². The van der Waals surface area contributed by atoms with E-state index in [0.29, 0.717) is 0 Å². The van der Waals surface area contributed by atoms with Crippen LogP contribution in [-0.4, -0.2) is 35.2 Å². The van der Waals surface area contributed by atoms with Gasteiger partial charge in [0.15, 0.2) is 0 Å². The summed E-state index contributed by atoms with van der Waals surface area (Å²) in [7, 11) is 1.64. The summed E-state index contributed by atoms with van der Waals surface area (Å²) < 4.78 is 5.27. The molecule has 0 atom stereocenters. The Balaban J connectivity index is 2.28. The number of nitrogens with zero attached hydrogens (tertiary/aromatic N) is 2. The summed E-state index contributed by atoms with van der Waals surface area (Å²) in [5.74, 6) is 0.792. The number of carbonyl (C=O) groups is 1. The number of nitrogens with one attached hydrogen (secondary N) is 2. The van der Waals surface area contributed by atoms with Crippen molar-refractivity contribution in [2.24, 2.45) is 0 Å². The SMILES string of the molecule is COc1cccc(C2NN(C(C)C)C(=O)N(C(C)C)N2)c1. The van der Waals surface area contributed by atoms with Gasteiger partial charge in [0.25, 0.3) is 0 Å². The number of rotatable bonds is 4. The van der Waals surface area contributed by atoms with Gasteiger partial charge in [0.2, 0.25) is 0 Å². The minimum absolute atomic E-state index is 0.0638. The molecule has 21 heavy (non-hydrogen) atoms. The van der Waals surface area contributed by atoms with Crippen LogP contribution in [0.1, 0.15) is 39.4 Å². The van der Waals surface area contributed by atoms with Gasteiger partial charge in [0.1, 0.15) is 11.9 Å². The lowest BCUT2D eigenvalue weighted by Gasteiger charge is -2.44. The summed E-state index contributed by atoms with van der Waals surface area (Å²) in [5.41, 5.74) is 7.47. The van der Waals surface area contributed by atoms with Crippen LogP contribution in [0.4, 0.5) is 4.79 Å². The molecule has 0 unspecified atom stereocenters. The summed E-state index contributed by atoms with van der Waals surface area (Å²) in [4.78, 5) is 12.4. The van der Waals surface area contributed by atoms with Crippen molar-refractivity contribution in [1.82, 2.24) is 20.9 Å². The molecule has 2 N–H and O–H groups in total. The van der Waals surface area contributed by atoms with Gasteiger partial charge in [-0.05, 0) is 45.4 Å². The third-order valence-electron chi connectivity index (χ3n) is 3.41. The van der Waals surface area contributed by atoms with Gasteiger partial charge in [-0.3, -0.25) is 10.0 Å². The van der Waals surface area contributed by atoms with Crippen LogP contribution in [0.3, 0.4) is 0 Å². The second-order valence-electron chi connectivity index (χ2n) is 5.68. The Morgan fingerprint density at radius 1 is 1.10 bits per heavy atom. The fraction of sp³-hybridized carbons (Fsp3) is 0.533. The zero-order valence-electron chi connectivity index (χ0n) is 13.3. The van der Waals surface area contributed by atoms with E-state index >= 15 is 0 Å². The molecule has 1 fully saturated rings. The molecule has 6 heteroatoms. The zero-order valence-corrected chi connectivity index (χ0v) is 13.3. The largest absolute Gasteiger partial charge is 0.497 e. The third-order valence-corrected chi connectivity index (χ3v) is 3.41. The third kappa shape index (κ3) is 3.28. The molecule has 1 saturated heterocycles. The van der Waals surface area contributed by atoms with Gasteiger partial charge in [0, 0.05) is 12.1 Å². The zero-order chi connectivity index (χ0) is 15.6. The Hall–Kier alpha value is -1.79. The summed E-state index contributed by atoms with van der Waals surface area (Å²) in [6.45, 7) is 7.93. The standard InChI is InChI=1S/C15H24N4O2/c1-10(2)18-15(20)19(11(3)4)17-14(16-18)12-7-6-8-13(9-12)21-5/h6-11,14,16-17H,1-5H3. The molecule has 0 aromatic heterocycles. The van der Waals surface area contributed by atoms with Crippen LogP contribution in [0, 0.1) is 0 Å². The van der Waals surface area contributed by atoms with Gasteiger partial charge in [-0.15, -0.1) is 0 Å². The Bertz CT molecular complexity index is 484. The molecule has 116 valence electrons. The van der Waals surface area contributed by atoms with Gasteiger partial charge < -0.3 is 4.74 Å². The average molecular weight is 292 g/mol. The predicted octanol–water partition coefficient (Wildman–Crippen LogP) is 2.26. The molecule has 2 rings (SSSR count). The molecule has 1 heterocycles. The second-order valence-corrected chi connectivity index (χ2v) is 5.68. The fourth-order valence-corrected chi connectivity index (χ4v) is 2.24. The van der Waals surface area contributed by atoms with E-state index in [-0.39, 0.29) is 24.3 Å². The maximum Gasteiger partial charge on any atom is 0.349 e. The lowest BCUT2D eigenvalue weighted by atomic mass is 10.1. The Kier molecular flexibility index (Phi) is 4.69. The van der Waals surface area contributed by atoms with Crippen molar-refractivity contribution in [1.29, 1.82) is 0 Å². The van der Waals surface area contributed by atoms with Crippen molar-refractivity contribution < 1.29 is 9.53 Å². The van der Waals surface area contributed by atoms with E-state index in [4.69, 9.17) is 4.74 Å². The summed E-state index contributed by atoms with van der Waals surface area (Å²) >= 11 is 0. The van der Waals surface area contributed by atoms with Crippen molar-refractivity contribution in [2.45, 2.75) is 45.9 Å². The Morgan fingerprint density at radius 2 is 1.67 bits per heavy atom. The molecular formula is C15H24N4O2. The van der Waals surface area contributed by atoms with Gasteiger partial charge in [0.05, 0.1) is 7.11 Å². The number of carbonyl (C=O) groups excluding carboxylic acids is 1. The van der Waals surface area contributed by atoms with Gasteiger partial charge >= 0.3 is 6.03 Å². The van der Waals surface area contributed by atoms with Crippen LogP contribution in [0.25, 0.3) is 0 Å². The summed E-state index contributed by atoms with van der Waals surface area (Å²) in [5, 5.41) is 3.31. The quantitative estimate of drug-likeness (QED) is 0.894. The van der Waals surface area contributed by atoms with E-state index in [2.05, 4.69) is 10.9 Å². The first-order chi connectivity index (χ1) is 9.93. The predicted molar refractivity (Wildman–Crippen MR) is 81.4 cm³/mol.